The van der Waals surface area contributed by atoms with Gasteiger partial charge < -0.3 is 14.6 Å². The van der Waals surface area contributed by atoms with Crippen molar-refractivity contribution in [2.75, 3.05) is 13.2 Å². The molecule has 0 aliphatic carbocycles. The molecule has 1 saturated heterocycles. The molecule has 3 nitrogen and oxygen atoms in total. The van der Waals surface area contributed by atoms with E-state index in [1.807, 2.05) is 0 Å². The Morgan fingerprint density at radius 2 is 2.29 bits per heavy atom. The van der Waals surface area contributed by atoms with Gasteiger partial charge in [0.05, 0.1) is 6.10 Å². The van der Waals surface area contributed by atoms with E-state index < -0.39 is 0 Å². The van der Waals surface area contributed by atoms with Gasteiger partial charge in [-0.05, 0) is 45.4 Å². The lowest BCUT2D eigenvalue weighted by Crippen LogP contribution is -2.26. The van der Waals surface area contributed by atoms with Gasteiger partial charge in [0.2, 0.25) is 0 Å². The van der Waals surface area contributed by atoms with Crippen molar-refractivity contribution in [2.45, 2.75) is 57.8 Å². The Kier molecular flexibility index (Phi) is 6.15. The van der Waals surface area contributed by atoms with Crippen LogP contribution in [0.3, 0.4) is 0 Å². The van der Waals surface area contributed by atoms with Crippen molar-refractivity contribution in [1.82, 2.24) is 0 Å². The third-order valence-corrected chi connectivity index (χ3v) is 2.54. The molecule has 1 rings (SSSR count). The molecule has 0 aromatic heterocycles. The SMILES string of the molecule is C[C@H](CCCCO)OC1CCCCO1. The third kappa shape index (κ3) is 4.94. The van der Waals surface area contributed by atoms with Crippen molar-refractivity contribution in [3.05, 3.63) is 0 Å². The summed E-state index contributed by atoms with van der Waals surface area (Å²) >= 11 is 0. The van der Waals surface area contributed by atoms with E-state index in [4.69, 9.17) is 14.6 Å². The van der Waals surface area contributed by atoms with E-state index >= 15 is 0 Å². The molecule has 0 spiro atoms. The van der Waals surface area contributed by atoms with Crippen molar-refractivity contribution in [2.24, 2.45) is 0 Å². The summed E-state index contributed by atoms with van der Waals surface area (Å²) < 4.78 is 11.2. The van der Waals surface area contributed by atoms with Crippen molar-refractivity contribution >= 4 is 0 Å². The Morgan fingerprint density at radius 1 is 1.43 bits per heavy atom. The average molecular weight is 202 g/mol. The Morgan fingerprint density at radius 3 is 2.93 bits per heavy atom. The maximum atomic E-state index is 8.64. The lowest BCUT2D eigenvalue weighted by atomic mass is 10.1. The second kappa shape index (κ2) is 7.21. The smallest absolute Gasteiger partial charge is 0.157 e. The first-order valence-corrected chi connectivity index (χ1v) is 5.71. The van der Waals surface area contributed by atoms with Gasteiger partial charge >= 0.3 is 0 Å². The molecular weight excluding hydrogens is 180 g/mol. The average Bonchev–Trinajstić information content (AvgIpc) is 2.20. The second-order valence-electron chi connectivity index (χ2n) is 3.96. The highest BCUT2D eigenvalue weighted by molar-refractivity contribution is 4.58. The van der Waals surface area contributed by atoms with Crippen molar-refractivity contribution < 1.29 is 14.6 Å². The second-order valence-corrected chi connectivity index (χ2v) is 3.96. The van der Waals surface area contributed by atoms with Crippen LogP contribution in [0, 0.1) is 0 Å². The quantitative estimate of drug-likeness (QED) is 0.670. The van der Waals surface area contributed by atoms with Crippen LogP contribution in [0.4, 0.5) is 0 Å². The lowest BCUT2D eigenvalue weighted by molar-refractivity contribution is -0.185. The minimum atomic E-state index is 0.0212. The van der Waals surface area contributed by atoms with Crippen LogP contribution >= 0.6 is 0 Å². The zero-order chi connectivity index (χ0) is 10.2. The highest BCUT2D eigenvalue weighted by Crippen LogP contribution is 2.17. The number of aliphatic hydroxyl groups is 1. The van der Waals surface area contributed by atoms with E-state index in [9.17, 15) is 0 Å². The van der Waals surface area contributed by atoms with Gasteiger partial charge in [-0.15, -0.1) is 0 Å². The van der Waals surface area contributed by atoms with Gasteiger partial charge in [-0.2, -0.15) is 0 Å². The molecule has 1 aliphatic rings. The number of hydrogen-bond donors (Lipinski definition) is 1. The van der Waals surface area contributed by atoms with E-state index in [0.29, 0.717) is 0 Å². The minimum Gasteiger partial charge on any atom is -0.396 e. The van der Waals surface area contributed by atoms with Gasteiger partial charge in [-0.1, -0.05) is 0 Å². The van der Waals surface area contributed by atoms with E-state index in [0.717, 1.165) is 32.3 Å². The number of ether oxygens (including phenoxy) is 2. The van der Waals surface area contributed by atoms with Crippen LogP contribution < -0.4 is 0 Å². The zero-order valence-electron chi connectivity index (χ0n) is 9.08. The third-order valence-electron chi connectivity index (χ3n) is 2.54. The van der Waals surface area contributed by atoms with Gasteiger partial charge in [0.1, 0.15) is 0 Å². The molecule has 1 N–H and O–H groups in total. The van der Waals surface area contributed by atoms with Crippen LogP contribution in [0.5, 0.6) is 0 Å². The predicted octanol–water partition coefficient (Wildman–Crippen LogP) is 2.08. The standard InChI is InChI=1S/C11H22O3/c1-10(6-2-4-8-12)14-11-7-3-5-9-13-11/h10-12H,2-9H2,1H3/t10-,11?/m1/s1. The molecule has 0 saturated carbocycles. The molecule has 2 atom stereocenters. The fourth-order valence-electron chi connectivity index (χ4n) is 1.69. The Labute approximate surface area is 86.4 Å². The first-order valence-electron chi connectivity index (χ1n) is 5.71. The van der Waals surface area contributed by atoms with Crippen LogP contribution in [-0.4, -0.2) is 30.7 Å². The van der Waals surface area contributed by atoms with Crippen LogP contribution in [-0.2, 0) is 9.47 Å². The first kappa shape index (κ1) is 12.0. The van der Waals surface area contributed by atoms with Gasteiger partial charge in [0.25, 0.3) is 0 Å². The highest BCUT2D eigenvalue weighted by Gasteiger charge is 2.16. The van der Waals surface area contributed by atoms with Crippen molar-refractivity contribution in [3.8, 4) is 0 Å². The van der Waals surface area contributed by atoms with Gasteiger partial charge in [0, 0.05) is 13.2 Å². The van der Waals surface area contributed by atoms with Crippen molar-refractivity contribution in [1.29, 1.82) is 0 Å². The summed E-state index contributed by atoms with van der Waals surface area (Å²) in [5, 5.41) is 8.64. The Bertz CT molecular complexity index is 132. The van der Waals surface area contributed by atoms with E-state index in [1.165, 1.54) is 12.8 Å². The topological polar surface area (TPSA) is 38.7 Å². The van der Waals surface area contributed by atoms with E-state index in [2.05, 4.69) is 6.92 Å². The predicted molar refractivity (Wildman–Crippen MR) is 55.1 cm³/mol. The van der Waals surface area contributed by atoms with E-state index in [1.54, 1.807) is 0 Å². The van der Waals surface area contributed by atoms with Gasteiger partial charge in [0.15, 0.2) is 6.29 Å². The first-order chi connectivity index (χ1) is 6.83. The normalized spacial score (nSPS) is 24.9. The highest BCUT2D eigenvalue weighted by atomic mass is 16.7. The molecule has 1 aliphatic heterocycles. The summed E-state index contributed by atoms with van der Waals surface area (Å²) in [5.74, 6) is 0. The monoisotopic (exact) mass is 202 g/mol. The largest absolute Gasteiger partial charge is 0.396 e. The zero-order valence-corrected chi connectivity index (χ0v) is 9.08. The van der Waals surface area contributed by atoms with E-state index in [-0.39, 0.29) is 19.0 Å². The summed E-state index contributed by atoms with van der Waals surface area (Å²) in [6.45, 7) is 3.20. The number of hydrogen-bond acceptors (Lipinski definition) is 3. The molecule has 0 amide bonds. The number of aliphatic hydroxyl groups excluding tert-OH is 1. The summed E-state index contributed by atoms with van der Waals surface area (Å²) in [6.07, 6.45) is 6.61. The number of rotatable bonds is 6. The Hall–Kier alpha value is -0.120. The molecule has 1 heterocycles. The molecule has 3 heteroatoms. The maximum Gasteiger partial charge on any atom is 0.157 e. The summed E-state index contributed by atoms with van der Waals surface area (Å²) in [4.78, 5) is 0. The fraction of sp³-hybridized carbons (Fsp3) is 1.00. The molecule has 0 radical (unpaired) electrons. The molecular formula is C11H22O3. The molecule has 1 unspecified atom stereocenters. The molecule has 0 bridgehead atoms. The van der Waals surface area contributed by atoms with Crippen LogP contribution in [0.25, 0.3) is 0 Å². The van der Waals surface area contributed by atoms with Crippen LogP contribution in [0.15, 0.2) is 0 Å². The molecule has 84 valence electrons. The Balaban J connectivity index is 2.03. The summed E-state index contributed by atoms with van der Waals surface area (Å²) in [6, 6.07) is 0. The molecule has 1 fully saturated rings. The number of unbranched alkanes of at least 4 members (excludes halogenated alkanes) is 1. The molecule has 0 aromatic carbocycles. The summed E-state index contributed by atoms with van der Waals surface area (Å²) in [5.41, 5.74) is 0. The maximum absolute atomic E-state index is 8.64. The van der Waals surface area contributed by atoms with Crippen molar-refractivity contribution in [3.63, 3.8) is 0 Å². The summed E-state index contributed by atoms with van der Waals surface area (Å²) in [7, 11) is 0. The van der Waals surface area contributed by atoms with Crippen LogP contribution in [0.2, 0.25) is 0 Å². The fourth-order valence-corrected chi connectivity index (χ4v) is 1.69. The molecule has 14 heavy (non-hydrogen) atoms. The lowest BCUT2D eigenvalue weighted by Gasteiger charge is -2.26. The van der Waals surface area contributed by atoms with Gasteiger partial charge in [-0.25, -0.2) is 0 Å². The molecule has 0 aromatic rings. The van der Waals surface area contributed by atoms with Crippen LogP contribution in [0.1, 0.15) is 45.4 Å². The van der Waals surface area contributed by atoms with Gasteiger partial charge in [-0.3, -0.25) is 0 Å². The minimum absolute atomic E-state index is 0.0212.